The summed E-state index contributed by atoms with van der Waals surface area (Å²) in [6.45, 7) is 0.635. The first kappa shape index (κ1) is 13.8. The number of anilines is 1. The number of carbonyl (C=O) groups excluding carboxylic acids is 1. The number of amides is 1. The van der Waals surface area contributed by atoms with Crippen LogP contribution < -0.4 is 10.6 Å². The van der Waals surface area contributed by atoms with Crippen LogP contribution in [0.4, 0.5) is 10.1 Å². The summed E-state index contributed by atoms with van der Waals surface area (Å²) in [5, 5.41) is 7.66. The van der Waals surface area contributed by atoms with E-state index in [1.165, 1.54) is 18.2 Å². The molecule has 0 atom stereocenters. The zero-order chi connectivity index (χ0) is 13.7. The van der Waals surface area contributed by atoms with Crippen LogP contribution in [0.2, 0.25) is 5.02 Å². The van der Waals surface area contributed by atoms with Crippen molar-refractivity contribution in [3.63, 3.8) is 0 Å². The topological polar surface area (TPSA) is 41.1 Å². The lowest BCUT2D eigenvalue weighted by atomic mass is 10.3. The molecule has 0 spiro atoms. The highest BCUT2D eigenvalue weighted by atomic mass is 35.5. The molecule has 6 heteroatoms. The Bertz CT molecular complexity index is 560. The summed E-state index contributed by atoms with van der Waals surface area (Å²) in [5.41, 5.74) is 0.609. The summed E-state index contributed by atoms with van der Waals surface area (Å²) in [6, 6.07) is 8.13. The Morgan fingerprint density at radius 3 is 2.89 bits per heavy atom. The van der Waals surface area contributed by atoms with Gasteiger partial charge in [0, 0.05) is 10.6 Å². The number of nitrogens with one attached hydrogen (secondary N) is 2. The molecule has 1 heterocycles. The maximum Gasteiger partial charge on any atom is 0.239 e. The lowest BCUT2D eigenvalue weighted by Crippen LogP contribution is -2.29. The number of benzene rings is 1. The monoisotopic (exact) mass is 298 g/mol. The summed E-state index contributed by atoms with van der Waals surface area (Å²) in [6.07, 6.45) is 0. The molecule has 1 aromatic carbocycles. The molecule has 100 valence electrons. The lowest BCUT2D eigenvalue weighted by molar-refractivity contribution is -0.119. The molecule has 1 aromatic heterocycles. The first-order chi connectivity index (χ1) is 9.15. The third-order valence-electron chi connectivity index (χ3n) is 2.41. The number of thiophene rings is 1. The van der Waals surface area contributed by atoms with Gasteiger partial charge in [0.1, 0.15) is 5.82 Å². The van der Waals surface area contributed by atoms with Gasteiger partial charge in [0.25, 0.3) is 0 Å². The van der Waals surface area contributed by atoms with Crippen LogP contribution in [-0.4, -0.2) is 12.5 Å². The molecule has 0 fully saturated rings. The maximum atomic E-state index is 12.9. The van der Waals surface area contributed by atoms with Crippen LogP contribution in [0.3, 0.4) is 0 Å². The predicted octanol–water partition coefficient (Wildman–Crippen LogP) is 3.27. The Kier molecular flexibility index (Phi) is 4.76. The first-order valence-corrected chi connectivity index (χ1v) is 6.89. The van der Waals surface area contributed by atoms with Crippen molar-refractivity contribution in [3.8, 4) is 0 Å². The predicted molar refractivity (Wildman–Crippen MR) is 76.1 cm³/mol. The van der Waals surface area contributed by atoms with Crippen molar-refractivity contribution in [3.05, 3.63) is 51.4 Å². The molecule has 0 saturated heterocycles. The summed E-state index contributed by atoms with van der Waals surface area (Å²) in [5.74, 6) is -0.608. The molecule has 2 aromatic rings. The van der Waals surface area contributed by atoms with Gasteiger partial charge in [-0.1, -0.05) is 17.7 Å². The Labute approximate surface area is 119 Å². The molecule has 2 N–H and O–H groups in total. The van der Waals surface area contributed by atoms with E-state index in [0.29, 0.717) is 12.2 Å². The second kappa shape index (κ2) is 6.54. The van der Waals surface area contributed by atoms with Crippen molar-refractivity contribution >= 4 is 34.5 Å². The summed E-state index contributed by atoms with van der Waals surface area (Å²) in [4.78, 5) is 12.7. The van der Waals surface area contributed by atoms with Crippen LogP contribution in [-0.2, 0) is 11.3 Å². The van der Waals surface area contributed by atoms with Crippen LogP contribution in [0.15, 0.2) is 35.7 Å². The Morgan fingerprint density at radius 1 is 1.37 bits per heavy atom. The van der Waals surface area contributed by atoms with E-state index in [-0.39, 0.29) is 17.5 Å². The first-order valence-electron chi connectivity index (χ1n) is 5.63. The fraction of sp³-hybridized carbons (Fsp3) is 0.154. The van der Waals surface area contributed by atoms with Crippen molar-refractivity contribution in [2.45, 2.75) is 6.54 Å². The second-order valence-electron chi connectivity index (χ2n) is 3.84. The number of hydrogen-bond donors (Lipinski definition) is 2. The van der Waals surface area contributed by atoms with Crippen LogP contribution in [0, 0.1) is 5.82 Å². The van der Waals surface area contributed by atoms with Crippen molar-refractivity contribution < 1.29 is 9.18 Å². The van der Waals surface area contributed by atoms with Crippen molar-refractivity contribution in [1.29, 1.82) is 0 Å². The molecular weight excluding hydrogens is 287 g/mol. The average molecular weight is 299 g/mol. The van der Waals surface area contributed by atoms with Gasteiger partial charge in [0.05, 0.1) is 18.1 Å². The molecule has 0 unspecified atom stereocenters. The number of hydrogen-bond acceptors (Lipinski definition) is 3. The second-order valence-corrected chi connectivity index (χ2v) is 5.28. The molecule has 0 aliphatic carbocycles. The van der Waals surface area contributed by atoms with Gasteiger partial charge in [0.15, 0.2) is 0 Å². The van der Waals surface area contributed by atoms with Gasteiger partial charge >= 0.3 is 0 Å². The van der Waals surface area contributed by atoms with E-state index in [4.69, 9.17) is 11.6 Å². The van der Waals surface area contributed by atoms with Crippen molar-refractivity contribution in [2.24, 2.45) is 0 Å². The van der Waals surface area contributed by atoms with Gasteiger partial charge in [0.2, 0.25) is 5.91 Å². The van der Waals surface area contributed by atoms with Gasteiger partial charge in [-0.15, -0.1) is 11.3 Å². The third-order valence-corrected chi connectivity index (χ3v) is 3.58. The minimum Gasteiger partial charge on any atom is -0.376 e. The standard InChI is InChI=1S/C13H12ClFN2OS/c14-11-6-9(3-4-12(11)15)16-8-13(18)17-7-10-2-1-5-19-10/h1-6,16H,7-8H2,(H,17,18). The molecule has 0 bridgehead atoms. The largest absolute Gasteiger partial charge is 0.376 e. The quantitative estimate of drug-likeness (QED) is 0.889. The Hall–Kier alpha value is -1.59. The minimum atomic E-state index is -0.477. The zero-order valence-corrected chi connectivity index (χ0v) is 11.5. The molecule has 1 amide bonds. The van der Waals surface area contributed by atoms with E-state index in [9.17, 15) is 9.18 Å². The Balaban J connectivity index is 1.78. The molecule has 0 radical (unpaired) electrons. The highest BCUT2D eigenvalue weighted by Gasteiger charge is 2.04. The molecule has 0 aliphatic rings. The number of carbonyl (C=O) groups is 1. The summed E-state index contributed by atoms with van der Waals surface area (Å²) in [7, 11) is 0. The highest BCUT2D eigenvalue weighted by Crippen LogP contribution is 2.18. The molecule has 3 nitrogen and oxygen atoms in total. The van der Waals surface area contributed by atoms with Crippen molar-refractivity contribution in [2.75, 3.05) is 11.9 Å². The van der Waals surface area contributed by atoms with Gasteiger partial charge in [-0.2, -0.15) is 0 Å². The SMILES string of the molecule is O=C(CNc1ccc(F)c(Cl)c1)NCc1cccs1. The van der Waals surface area contributed by atoms with E-state index in [1.807, 2.05) is 17.5 Å². The molecule has 19 heavy (non-hydrogen) atoms. The van der Waals surface area contributed by atoms with E-state index in [0.717, 1.165) is 4.88 Å². The minimum absolute atomic E-state index is 0.0315. The normalized spacial score (nSPS) is 10.2. The lowest BCUT2D eigenvalue weighted by Gasteiger charge is -2.07. The smallest absolute Gasteiger partial charge is 0.239 e. The average Bonchev–Trinajstić information content (AvgIpc) is 2.91. The molecule has 2 rings (SSSR count). The van der Waals surface area contributed by atoms with Crippen LogP contribution in [0.1, 0.15) is 4.88 Å². The van der Waals surface area contributed by atoms with E-state index < -0.39 is 5.82 Å². The van der Waals surface area contributed by atoms with Gasteiger partial charge in [-0.05, 0) is 29.6 Å². The summed E-state index contributed by atoms with van der Waals surface area (Å²) < 4.78 is 12.9. The van der Waals surface area contributed by atoms with Crippen LogP contribution >= 0.6 is 22.9 Å². The van der Waals surface area contributed by atoms with Crippen LogP contribution in [0.5, 0.6) is 0 Å². The fourth-order valence-electron chi connectivity index (χ4n) is 1.45. The molecule has 0 saturated carbocycles. The third kappa shape index (κ3) is 4.22. The highest BCUT2D eigenvalue weighted by molar-refractivity contribution is 7.09. The zero-order valence-electron chi connectivity index (χ0n) is 9.95. The number of rotatable bonds is 5. The van der Waals surface area contributed by atoms with Gasteiger partial charge < -0.3 is 10.6 Å². The Morgan fingerprint density at radius 2 is 2.21 bits per heavy atom. The van der Waals surface area contributed by atoms with E-state index in [2.05, 4.69) is 10.6 Å². The molecular formula is C13H12ClFN2OS. The van der Waals surface area contributed by atoms with E-state index in [1.54, 1.807) is 11.3 Å². The van der Waals surface area contributed by atoms with Gasteiger partial charge in [-0.3, -0.25) is 4.79 Å². The van der Waals surface area contributed by atoms with Crippen LogP contribution in [0.25, 0.3) is 0 Å². The fourth-order valence-corrected chi connectivity index (χ4v) is 2.27. The van der Waals surface area contributed by atoms with Gasteiger partial charge in [-0.25, -0.2) is 4.39 Å². The van der Waals surface area contributed by atoms with E-state index >= 15 is 0 Å². The summed E-state index contributed by atoms with van der Waals surface area (Å²) >= 11 is 7.23. The van der Waals surface area contributed by atoms with Crippen molar-refractivity contribution in [1.82, 2.24) is 5.32 Å². The molecule has 0 aliphatic heterocycles. The maximum absolute atomic E-state index is 12.9. The number of halogens is 2.